The molecule has 0 radical (unpaired) electrons. The van der Waals surface area contributed by atoms with E-state index in [4.69, 9.17) is 37.5 Å². The highest BCUT2D eigenvalue weighted by molar-refractivity contribution is 9.12. The molecule has 0 aliphatic carbocycles. The smallest absolute Gasteiger partial charge is 0.141 e. The molecule has 0 fully saturated rings. The van der Waals surface area contributed by atoms with E-state index < -0.39 is 0 Å². The molecule has 0 amide bonds. The molecular weight excluding hydrogens is 417 g/mol. The van der Waals surface area contributed by atoms with Gasteiger partial charge in [0.1, 0.15) is 24.7 Å². The van der Waals surface area contributed by atoms with Gasteiger partial charge < -0.3 is 14.3 Å². The predicted octanol–water partition coefficient (Wildman–Crippen LogP) is 6.07. The average molecular weight is 439 g/mol. The number of oxime groups is 1. The van der Waals surface area contributed by atoms with E-state index in [0.717, 1.165) is 24.1 Å². The van der Waals surface area contributed by atoms with Crippen molar-refractivity contribution >= 4 is 44.8 Å². The van der Waals surface area contributed by atoms with Crippen molar-refractivity contribution in [3.63, 3.8) is 0 Å². The molecule has 0 unspecified atom stereocenters. The number of nitrogens with zero attached hydrogens (tertiary/aromatic N) is 1. The van der Waals surface area contributed by atoms with Crippen LogP contribution in [-0.4, -0.2) is 25.5 Å². The normalized spacial score (nSPS) is 11.2. The zero-order chi connectivity index (χ0) is 17.9. The lowest BCUT2D eigenvalue weighted by Crippen LogP contribution is -2.02. The lowest BCUT2D eigenvalue weighted by molar-refractivity contribution is 0.135. The SMILES string of the molecule is CC(C)=NOCCCCOc1c(C)cc(OC/C=C(\Cl)Br)cc1Cl. The molecule has 0 saturated carbocycles. The Balaban J connectivity index is 2.43. The van der Waals surface area contributed by atoms with E-state index in [1.165, 1.54) is 0 Å². The lowest BCUT2D eigenvalue weighted by Gasteiger charge is -2.13. The lowest BCUT2D eigenvalue weighted by atomic mass is 10.2. The molecule has 0 aliphatic rings. The van der Waals surface area contributed by atoms with Crippen molar-refractivity contribution in [3.05, 3.63) is 32.7 Å². The summed E-state index contributed by atoms with van der Waals surface area (Å²) in [5.74, 6) is 1.36. The summed E-state index contributed by atoms with van der Waals surface area (Å²) in [5, 5.41) is 4.41. The van der Waals surface area contributed by atoms with Crippen LogP contribution >= 0.6 is 39.1 Å². The summed E-state index contributed by atoms with van der Waals surface area (Å²) in [4.78, 5) is 5.14. The number of ether oxygens (including phenoxy) is 2. The maximum Gasteiger partial charge on any atom is 0.141 e. The Kier molecular flexibility index (Phi) is 10.2. The van der Waals surface area contributed by atoms with Crippen molar-refractivity contribution in [2.24, 2.45) is 5.16 Å². The Morgan fingerprint density at radius 1 is 1.21 bits per heavy atom. The molecule has 24 heavy (non-hydrogen) atoms. The van der Waals surface area contributed by atoms with Crippen LogP contribution in [0.2, 0.25) is 5.02 Å². The third-order valence-electron chi connectivity index (χ3n) is 2.81. The minimum absolute atomic E-state index is 0.361. The third kappa shape index (κ3) is 8.81. The first-order valence-electron chi connectivity index (χ1n) is 7.60. The molecule has 0 saturated heterocycles. The molecule has 0 heterocycles. The van der Waals surface area contributed by atoms with Crippen molar-refractivity contribution in [3.8, 4) is 11.5 Å². The maximum atomic E-state index is 6.28. The highest BCUT2D eigenvalue weighted by atomic mass is 79.9. The Hall–Kier alpha value is -0.910. The second-order valence-corrected chi connectivity index (χ2v) is 7.41. The molecule has 1 rings (SSSR count). The summed E-state index contributed by atoms with van der Waals surface area (Å²) < 4.78 is 11.8. The first kappa shape index (κ1) is 21.1. The van der Waals surface area contributed by atoms with Crippen LogP contribution in [0.15, 0.2) is 27.3 Å². The molecule has 0 N–H and O–H groups in total. The monoisotopic (exact) mass is 437 g/mol. The summed E-state index contributed by atoms with van der Waals surface area (Å²) in [5.41, 5.74) is 1.83. The zero-order valence-electron chi connectivity index (χ0n) is 14.1. The average Bonchev–Trinajstić information content (AvgIpc) is 2.47. The van der Waals surface area contributed by atoms with Gasteiger partial charge in [-0.2, -0.15) is 0 Å². The second-order valence-electron chi connectivity index (χ2n) is 5.28. The van der Waals surface area contributed by atoms with Gasteiger partial charge >= 0.3 is 0 Å². The van der Waals surface area contributed by atoms with E-state index in [1.807, 2.05) is 26.8 Å². The van der Waals surface area contributed by atoms with Crippen molar-refractivity contribution in [2.45, 2.75) is 33.6 Å². The minimum atomic E-state index is 0.361. The fourth-order valence-corrected chi connectivity index (χ4v) is 2.29. The fourth-order valence-electron chi connectivity index (χ4n) is 1.78. The van der Waals surface area contributed by atoms with Crippen LogP contribution in [0.3, 0.4) is 0 Å². The van der Waals surface area contributed by atoms with Crippen molar-refractivity contribution in [1.82, 2.24) is 0 Å². The van der Waals surface area contributed by atoms with E-state index in [9.17, 15) is 0 Å². The molecule has 134 valence electrons. The van der Waals surface area contributed by atoms with Gasteiger partial charge in [-0.05, 0) is 67.2 Å². The molecule has 0 atom stereocenters. The standard InChI is InChI=1S/C17H22BrCl2NO3/c1-12(2)21-24-8-5-4-7-23-17-13(3)10-14(11-15(17)19)22-9-6-16(18)20/h6,10-11H,4-5,7-9H2,1-3H3/b16-6-. The number of benzene rings is 1. The van der Waals surface area contributed by atoms with Gasteiger partial charge in [0.05, 0.1) is 21.3 Å². The molecular formula is C17H22BrCl2NO3. The summed E-state index contributed by atoms with van der Waals surface area (Å²) >= 11 is 15.1. The van der Waals surface area contributed by atoms with Gasteiger partial charge in [0.25, 0.3) is 0 Å². The fraction of sp³-hybridized carbons (Fsp3) is 0.471. The zero-order valence-corrected chi connectivity index (χ0v) is 17.2. The molecule has 1 aromatic rings. The molecule has 0 spiro atoms. The van der Waals surface area contributed by atoms with Crippen LogP contribution in [0.5, 0.6) is 11.5 Å². The number of aryl methyl sites for hydroxylation is 1. The topological polar surface area (TPSA) is 40.0 Å². The Morgan fingerprint density at radius 3 is 2.54 bits per heavy atom. The number of hydrogen-bond acceptors (Lipinski definition) is 4. The Labute approximate surface area is 161 Å². The van der Waals surface area contributed by atoms with Gasteiger partial charge in [0.15, 0.2) is 0 Å². The first-order chi connectivity index (χ1) is 11.4. The van der Waals surface area contributed by atoms with Crippen LogP contribution in [0, 0.1) is 6.92 Å². The van der Waals surface area contributed by atoms with E-state index in [-0.39, 0.29) is 0 Å². The highest BCUT2D eigenvalue weighted by Crippen LogP contribution is 2.33. The first-order valence-corrected chi connectivity index (χ1v) is 9.15. The molecule has 0 aliphatic heterocycles. The molecule has 4 nitrogen and oxygen atoms in total. The Bertz CT molecular complexity index is 560. The molecule has 1 aromatic carbocycles. The highest BCUT2D eigenvalue weighted by Gasteiger charge is 2.09. The van der Waals surface area contributed by atoms with E-state index in [1.54, 1.807) is 12.1 Å². The largest absolute Gasteiger partial charge is 0.492 e. The summed E-state index contributed by atoms with van der Waals surface area (Å²) in [6.45, 7) is 7.24. The predicted molar refractivity (Wildman–Crippen MR) is 104 cm³/mol. The van der Waals surface area contributed by atoms with Gasteiger partial charge in [-0.1, -0.05) is 28.4 Å². The van der Waals surface area contributed by atoms with Gasteiger partial charge in [-0.15, -0.1) is 0 Å². The van der Waals surface area contributed by atoms with Crippen LogP contribution in [0.1, 0.15) is 32.3 Å². The van der Waals surface area contributed by atoms with Gasteiger partial charge in [0.2, 0.25) is 0 Å². The summed E-state index contributed by atoms with van der Waals surface area (Å²) in [7, 11) is 0. The van der Waals surface area contributed by atoms with Crippen molar-refractivity contribution < 1.29 is 14.3 Å². The second kappa shape index (κ2) is 11.6. The van der Waals surface area contributed by atoms with Crippen LogP contribution < -0.4 is 9.47 Å². The Morgan fingerprint density at radius 2 is 1.92 bits per heavy atom. The van der Waals surface area contributed by atoms with Crippen LogP contribution in [0.25, 0.3) is 0 Å². The molecule has 0 bridgehead atoms. The van der Waals surface area contributed by atoms with Crippen LogP contribution in [-0.2, 0) is 4.84 Å². The van der Waals surface area contributed by atoms with E-state index in [2.05, 4.69) is 21.1 Å². The summed E-state index contributed by atoms with van der Waals surface area (Å²) in [6, 6.07) is 3.63. The van der Waals surface area contributed by atoms with Crippen molar-refractivity contribution in [1.29, 1.82) is 0 Å². The third-order valence-corrected chi connectivity index (χ3v) is 3.57. The van der Waals surface area contributed by atoms with Gasteiger partial charge in [-0.3, -0.25) is 0 Å². The maximum absolute atomic E-state index is 6.28. The van der Waals surface area contributed by atoms with E-state index in [0.29, 0.717) is 40.3 Å². The minimum Gasteiger partial charge on any atom is -0.492 e. The number of unbranched alkanes of at least 4 members (excludes halogenated alkanes) is 1. The van der Waals surface area contributed by atoms with Crippen molar-refractivity contribution in [2.75, 3.05) is 19.8 Å². The molecule has 0 aromatic heterocycles. The summed E-state index contributed by atoms with van der Waals surface area (Å²) in [6.07, 6.45) is 3.44. The quantitative estimate of drug-likeness (QED) is 0.252. The number of hydrogen-bond donors (Lipinski definition) is 0. The van der Waals surface area contributed by atoms with Gasteiger partial charge in [-0.25, -0.2) is 0 Å². The number of rotatable bonds is 10. The van der Waals surface area contributed by atoms with Crippen LogP contribution in [0.4, 0.5) is 0 Å². The van der Waals surface area contributed by atoms with E-state index >= 15 is 0 Å². The molecule has 7 heteroatoms. The van der Waals surface area contributed by atoms with Gasteiger partial charge in [0, 0.05) is 6.07 Å². The number of halogens is 3.